The maximum atomic E-state index is 12.9. The quantitative estimate of drug-likeness (QED) is 0.903. The molecule has 1 atom stereocenters. The molecule has 1 aliphatic rings. The molecule has 0 saturated carbocycles. The number of hydrogen-bond acceptors (Lipinski definition) is 4. The highest BCUT2D eigenvalue weighted by molar-refractivity contribution is 5.92. The van der Waals surface area contributed by atoms with E-state index in [1.807, 2.05) is 36.8 Å². The van der Waals surface area contributed by atoms with Crippen LogP contribution in [0.15, 0.2) is 12.1 Å². The molecule has 0 spiro atoms. The molecule has 1 aliphatic heterocycles. The largest absolute Gasteiger partial charge is 0.329 e. The Balaban J connectivity index is 1.81. The second kappa shape index (κ2) is 7.00. The van der Waals surface area contributed by atoms with Gasteiger partial charge in [0.25, 0.3) is 5.91 Å². The van der Waals surface area contributed by atoms with Gasteiger partial charge in [-0.3, -0.25) is 14.6 Å². The van der Waals surface area contributed by atoms with Crippen LogP contribution in [0.3, 0.4) is 0 Å². The van der Waals surface area contributed by atoms with Crippen LogP contribution in [-0.2, 0) is 13.6 Å². The zero-order valence-corrected chi connectivity index (χ0v) is 15.8. The number of nitrogens with one attached hydrogen (secondary N) is 1. The first-order valence-corrected chi connectivity index (χ1v) is 8.90. The molecule has 0 bridgehead atoms. The van der Waals surface area contributed by atoms with Gasteiger partial charge >= 0.3 is 0 Å². The second-order valence-electron chi connectivity index (χ2n) is 7.44. The number of likely N-dealkylation sites (tertiary alicyclic amines) is 1. The highest BCUT2D eigenvalue weighted by atomic mass is 16.2. The molecule has 0 aromatic carbocycles. The van der Waals surface area contributed by atoms with E-state index in [1.165, 1.54) is 0 Å². The first-order valence-electron chi connectivity index (χ1n) is 8.90. The molecule has 7 heteroatoms. The third-order valence-corrected chi connectivity index (χ3v) is 4.77. The lowest BCUT2D eigenvalue weighted by Gasteiger charge is -2.22. The standard InChI is InChI=1S/C18H28N6O/c1-12(2)14-10-16(20-19-14)18(25)24-8-6-7-17(24)15-9-13(11-22(3)4)23(5)21-15/h9-10,12,17H,6-8,11H2,1-5H3,(H,19,20)/t17-/m0/s1. The lowest BCUT2D eigenvalue weighted by molar-refractivity contribution is 0.0726. The van der Waals surface area contributed by atoms with Gasteiger partial charge in [0.1, 0.15) is 5.69 Å². The van der Waals surface area contributed by atoms with E-state index < -0.39 is 0 Å². The van der Waals surface area contributed by atoms with Gasteiger partial charge in [-0.25, -0.2) is 0 Å². The number of carbonyl (C=O) groups excluding carboxylic acids is 1. The minimum Gasteiger partial charge on any atom is -0.329 e. The van der Waals surface area contributed by atoms with Crippen LogP contribution in [0.4, 0.5) is 0 Å². The fraction of sp³-hybridized carbons (Fsp3) is 0.611. The van der Waals surface area contributed by atoms with Crippen LogP contribution >= 0.6 is 0 Å². The lowest BCUT2D eigenvalue weighted by Crippen LogP contribution is -2.31. The van der Waals surface area contributed by atoms with Gasteiger partial charge in [-0.2, -0.15) is 10.2 Å². The van der Waals surface area contributed by atoms with Gasteiger partial charge in [-0.05, 0) is 45.0 Å². The van der Waals surface area contributed by atoms with Crippen LogP contribution in [0.5, 0.6) is 0 Å². The highest BCUT2D eigenvalue weighted by Crippen LogP contribution is 2.32. The Hall–Kier alpha value is -2.15. The summed E-state index contributed by atoms with van der Waals surface area (Å²) >= 11 is 0. The Morgan fingerprint density at radius 1 is 1.40 bits per heavy atom. The molecule has 2 aromatic heterocycles. The summed E-state index contributed by atoms with van der Waals surface area (Å²) in [4.78, 5) is 17.0. The van der Waals surface area contributed by atoms with Crippen LogP contribution in [0.2, 0.25) is 0 Å². The van der Waals surface area contributed by atoms with Crippen molar-refractivity contribution in [1.82, 2.24) is 29.8 Å². The van der Waals surface area contributed by atoms with Crippen molar-refractivity contribution in [3.8, 4) is 0 Å². The number of aryl methyl sites for hydroxylation is 1. The Kier molecular flexibility index (Phi) is 4.94. The summed E-state index contributed by atoms with van der Waals surface area (Å²) in [5, 5.41) is 11.9. The van der Waals surface area contributed by atoms with Crippen molar-refractivity contribution in [1.29, 1.82) is 0 Å². The predicted molar refractivity (Wildman–Crippen MR) is 96.3 cm³/mol. The normalized spacial score (nSPS) is 17.9. The number of nitrogens with zero attached hydrogens (tertiary/aromatic N) is 5. The van der Waals surface area contributed by atoms with E-state index in [2.05, 4.69) is 40.1 Å². The molecule has 2 aromatic rings. The van der Waals surface area contributed by atoms with Crippen molar-refractivity contribution in [3.63, 3.8) is 0 Å². The van der Waals surface area contributed by atoms with E-state index in [1.54, 1.807) is 0 Å². The number of rotatable bonds is 5. The Labute approximate surface area is 149 Å². The van der Waals surface area contributed by atoms with E-state index in [0.29, 0.717) is 11.6 Å². The Bertz CT molecular complexity index is 745. The Morgan fingerprint density at radius 3 is 2.80 bits per heavy atom. The van der Waals surface area contributed by atoms with Crippen LogP contribution in [0, 0.1) is 0 Å². The second-order valence-corrected chi connectivity index (χ2v) is 7.44. The molecule has 1 N–H and O–H groups in total. The van der Waals surface area contributed by atoms with E-state index in [9.17, 15) is 4.79 Å². The van der Waals surface area contributed by atoms with Crippen molar-refractivity contribution in [2.45, 2.75) is 45.2 Å². The summed E-state index contributed by atoms with van der Waals surface area (Å²) in [5.41, 5.74) is 3.62. The SMILES string of the molecule is CC(C)c1cc(C(=O)N2CCC[C@H]2c2cc(CN(C)C)n(C)n2)n[nH]1. The van der Waals surface area contributed by atoms with Crippen LogP contribution < -0.4 is 0 Å². The van der Waals surface area contributed by atoms with Gasteiger partial charge in [0, 0.05) is 25.8 Å². The number of aromatic amines is 1. The summed E-state index contributed by atoms with van der Waals surface area (Å²) in [6.07, 6.45) is 1.95. The molecule has 0 unspecified atom stereocenters. The number of aromatic nitrogens is 4. The molecule has 1 amide bonds. The molecule has 136 valence electrons. The minimum atomic E-state index is -0.00883. The molecule has 1 saturated heterocycles. The molecule has 7 nitrogen and oxygen atoms in total. The average molecular weight is 344 g/mol. The van der Waals surface area contributed by atoms with E-state index in [4.69, 9.17) is 0 Å². The van der Waals surface area contributed by atoms with Gasteiger partial charge < -0.3 is 9.80 Å². The van der Waals surface area contributed by atoms with E-state index in [0.717, 1.165) is 43.0 Å². The molecule has 25 heavy (non-hydrogen) atoms. The van der Waals surface area contributed by atoms with Gasteiger partial charge in [0.05, 0.1) is 17.4 Å². The van der Waals surface area contributed by atoms with Crippen LogP contribution in [0.25, 0.3) is 0 Å². The number of amides is 1. The maximum absolute atomic E-state index is 12.9. The molecular weight excluding hydrogens is 316 g/mol. The third kappa shape index (κ3) is 3.61. The molecular formula is C18H28N6O. The van der Waals surface area contributed by atoms with Crippen molar-refractivity contribution in [3.05, 3.63) is 34.9 Å². The van der Waals surface area contributed by atoms with Gasteiger partial charge in [0.2, 0.25) is 0 Å². The summed E-state index contributed by atoms with van der Waals surface area (Å²) in [5.74, 6) is 0.318. The fourth-order valence-corrected chi connectivity index (χ4v) is 3.37. The van der Waals surface area contributed by atoms with Crippen molar-refractivity contribution < 1.29 is 4.79 Å². The molecule has 1 fully saturated rings. The summed E-state index contributed by atoms with van der Waals surface area (Å²) in [7, 11) is 6.05. The molecule has 3 heterocycles. The molecule has 0 aliphatic carbocycles. The number of hydrogen-bond donors (Lipinski definition) is 1. The summed E-state index contributed by atoms with van der Waals surface area (Å²) < 4.78 is 1.92. The van der Waals surface area contributed by atoms with Crippen molar-refractivity contribution >= 4 is 5.91 Å². The minimum absolute atomic E-state index is 0.00883. The van der Waals surface area contributed by atoms with Crippen LogP contribution in [-0.4, -0.2) is 56.3 Å². The first kappa shape index (κ1) is 17.7. The zero-order valence-electron chi connectivity index (χ0n) is 15.8. The van der Waals surface area contributed by atoms with Crippen LogP contribution in [0.1, 0.15) is 66.2 Å². The predicted octanol–water partition coefficient (Wildman–Crippen LogP) is 2.31. The maximum Gasteiger partial charge on any atom is 0.274 e. The van der Waals surface area contributed by atoms with Gasteiger partial charge in [-0.1, -0.05) is 13.8 Å². The summed E-state index contributed by atoms with van der Waals surface area (Å²) in [6.45, 7) is 5.76. The third-order valence-electron chi connectivity index (χ3n) is 4.77. The van der Waals surface area contributed by atoms with Crippen molar-refractivity contribution in [2.24, 2.45) is 7.05 Å². The average Bonchev–Trinajstić information content (AvgIpc) is 3.25. The smallest absolute Gasteiger partial charge is 0.274 e. The Morgan fingerprint density at radius 2 is 2.16 bits per heavy atom. The first-order chi connectivity index (χ1) is 11.9. The fourth-order valence-electron chi connectivity index (χ4n) is 3.37. The van der Waals surface area contributed by atoms with Crippen molar-refractivity contribution in [2.75, 3.05) is 20.6 Å². The lowest BCUT2D eigenvalue weighted by atomic mass is 10.1. The van der Waals surface area contributed by atoms with Gasteiger partial charge in [-0.15, -0.1) is 0 Å². The van der Waals surface area contributed by atoms with E-state index in [-0.39, 0.29) is 11.9 Å². The van der Waals surface area contributed by atoms with Gasteiger partial charge in [0.15, 0.2) is 0 Å². The van der Waals surface area contributed by atoms with E-state index >= 15 is 0 Å². The summed E-state index contributed by atoms with van der Waals surface area (Å²) in [6, 6.07) is 4.03. The molecule has 0 radical (unpaired) electrons. The zero-order chi connectivity index (χ0) is 18.1. The molecule has 3 rings (SSSR count). The monoisotopic (exact) mass is 344 g/mol. The topological polar surface area (TPSA) is 70.1 Å². The number of carbonyl (C=O) groups is 1. The number of H-pyrrole nitrogens is 1. The highest BCUT2D eigenvalue weighted by Gasteiger charge is 2.33.